The van der Waals surface area contributed by atoms with E-state index in [-0.39, 0.29) is 14.1 Å². The summed E-state index contributed by atoms with van der Waals surface area (Å²) in [6.07, 6.45) is -4.51. The Kier molecular flexibility index (Phi) is 4.01. The summed E-state index contributed by atoms with van der Waals surface area (Å²) in [7, 11) is -0.308. The van der Waals surface area contributed by atoms with Crippen LogP contribution < -0.4 is 5.30 Å². The molecule has 0 radical (unpaired) electrons. The third kappa shape index (κ3) is 3.42. The van der Waals surface area contributed by atoms with Crippen molar-refractivity contribution in [1.29, 1.82) is 0 Å². The van der Waals surface area contributed by atoms with Crippen molar-refractivity contribution < 1.29 is 18.0 Å². The van der Waals surface area contributed by atoms with Crippen LogP contribution in [0.15, 0.2) is 54.6 Å². The fraction of sp³-hybridized carbons (Fsp3) is 0.0714. The molecule has 0 spiro atoms. The minimum absolute atomic E-state index is 0.266. The van der Waals surface area contributed by atoms with Gasteiger partial charge in [-0.05, 0) is 20.0 Å². The molecule has 0 aromatic heterocycles. The summed E-state index contributed by atoms with van der Waals surface area (Å²) in [5.74, 6) is 0. The molecular weight excluding hydrogens is 272 g/mol. The molecule has 5 heteroatoms. The van der Waals surface area contributed by atoms with Gasteiger partial charge in [0.15, 0.2) is 5.52 Å². The van der Waals surface area contributed by atoms with Crippen LogP contribution in [0.5, 0.6) is 0 Å². The molecule has 19 heavy (non-hydrogen) atoms. The first-order valence-corrected chi connectivity index (χ1v) is 6.51. The molecule has 0 aliphatic heterocycles. The van der Waals surface area contributed by atoms with E-state index in [0.717, 1.165) is 11.4 Å². The highest BCUT2D eigenvalue weighted by atomic mass is 31.1. The fourth-order valence-corrected chi connectivity index (χ4v) is 2.62. The Balaban J connectivity index is 2.30. The molecule has 0 N–H and O–H groups in total. The zero-order chi connectivity index (χ0) is 13.9. The second kappa shape index (κ2) is 5.54. The number of carbonyl (C=O) groups excluding carboxylic acids is 1. The van der Waals surface area contributed by atoms with E-state index in [1.165, 1.54) is 18.2 Å². The molecular formula is C14H10F3OP. The Hall–Kier alpha value is -1.67. The Morgan fingerprint density at radius 2 is 1.47 bits per heavy atom. The molecule has 0 heterocycles. The number of halogens is 3. The van der Waals surface area contributed by atoms with E-state index in [1.54, 1.807) is 30.3 Å². The lowest BCUT2D eigenvalue weighted by Crippen LogP contribution is -2.12. The van der Waals surface area contributed by atoms with Crippen LogP contribution >= 0.6 is 8.58 Å². The van der Waals surface area contributed by atoms with Gasteiger partial charge >= 0.3 is 6.18 Å². The van der Waals surface area contributed by atoms with Gasteiger partial charge in [-0.3, -0.25) is 4.79 Å². The normalized spacial score (nSPS) is 11.9. The van der Waals surface area contributed by atoms with Gasteiger partial charge in [0.05, 0.1) is 5.56 Å². The van der Waals surface area contributed by atoms with Crippen molar-refractivity contribution in [3.05, 3.63) is 65.7 Å². The SMILES string of the molecule is O=C(Pc1ccccc1)c1ccccc1C(F)(F)F. The third-order valence-electron chi connectivity index (χ3n) is 2.51. The van der Waals surface area contributed by atoms with Gasteiger partial charge in [-0.15, -0.1) is 0 Å². The van der Waals surface area contributed by atoms with Crippen LogP contribution in [0.25, 0.3) is 0 Å². The third-order valence-corrected chi connectivity index (χ3v) is 3.63. The van der Waals surface area contributed by atoms with E-state index in [0.29, 0.717) is 0 Å². The molecule has 1 atom stereocenters. The number of hydrogen-bond donors (Lipinski definition) is 0. The minimum atomic E-state index is -4.51. The standard InChI is InChI=1S/C14H10F3OP/c15-14(16,17)12-9-5-4-8-11(12)13(18)19-10-6-2-1-3-7-10/h1-9,19H. The first-order valence-electron chi connectivity index (χ1n) is 5.51. The minimum Gasteiger partial charge on any atom is -0.289 e. The summed E-state index contributed by atoms with van der Waals surface area (Å²) >= 11 is 0. The van der Waals surface area contributed by atoms with Crippen LogP contribution in [-0.2, 0) is 6.18 Å². The van der Waals surface area contributed by atoms with E-state index in [2.05, 4.69) is 0 Å². The van der Waals surface area contributed by atoms with Crippen molar-refractivity contribution in [2.24, 2.45) is 0 Å². The molecule has 1 nitrogen and oxygen atoms in total. The smallest absolute Gasteiger partial charge is 0.289 e. The molecule has 0 bridgehead atoms. The van der Waals surface area contributed by atoms with Crippen LogP contribution in [0, 0.1) is 0 Å². The first-order chi connectivity index (χ1) is 8.98. The lowest BCUT2D eigenvalue weighted by molar-refractivity contribution is -0.137. The Morgan fingerprint density at radius 1 is 0.895 bits per heavy atom. The number of carbonyl (C=O) groups is 1. The maximum atomic E-state index is 12.8. The summed E-state index contributed by atoms with van der Waals surface area (Å²) in [6, 6.07) is 13.6. The molecule has 2 aromatic carbocycles. The van der Waals surface area contributed by atoms with Gasteiger partial charge in [-0.25, -0.2) is 0 Å². The molecule has 2 rings (SSSR count). The topological polar surface area (TPSA) is 17.1 Å². The van der Waals surface area contributed by atoms with Crippen molar-refractivity contribution in [1.82, 2.24) is 0 Å². The first kappa shape index (κ1) is 13.8. The van der Waals surface area contributed by atoms with Crippen LogP contribution in [-0.4, -0.2) is 5.52 Å². The summed E-state index contributed by atoms with van der Waals surface area (Å²) in [5.41, 5.74) is -1.64. The Bertz CT molecular complexity index is 579. The van der Waals surface area contributed by atoms with E-state index < -0.39 is 17.3 Å². The highest BCUT2D eigenvalue weighted by molar-refractivity contribution is 7.66. The zero-order valence-electron chi connectivity index (χ0n) is 9.74. The van der Waals surface area contributed by atoms with Gasteiger partial charge in [0.25, 0.3) is 0 Å². The van der Waals surface area contributed by atoms with Crippen molar-refractivity contribution in [2.45, 2.75) is 6.18 Å². The highest BCUT2D eigenvalue weighted by Crippen LogP contribution is 2.34. The number of alkyl halides is 3. The second-order valence-electron chi connectivity index (χ2n) is 3.86. The molecule has 98 valence electrons. The van der Waals surface area contributed by atoms with E-state index in [1.807, 2.05) is 0 Å². The lowest BCUT2D eigenvalue weighted by Gasteiger charge is -2.11. The molecule has 1 unspecified atom stereocenters. The molecule has 0 saturated heterocycles. The molecule has 0 aliphatic carbocycles. The quantitative estimate of drug-likeness (QED) is 0.781. The average molecular weight is 282 g/mol. The molecule has 2 aromatic rings. The van der Waals surface area contributed by atoms with Gasteiger partial charge in [0.2, 0.25) is 0 Å². The van der Waals surface area contributed by atoms with Gasteiger partial charge in [-0.1, -0.05) is 48.5 Å². The van der Waals surface area contributed by atoms with Gasteiger partial charge < -0.3 is 0 Å². The Morgan fingerprint density at radius 3 is 2.11 bits per heavy atom. The maximum absolute atomic E-state index is 12.8. The molecule has 0 amide bonds. The van der Waals surface area contributed by atoms with Crippen molar-refractivity contribution in [2.75, 3.05) is 0 Å². The predicted molar refractivity (Wildman–Crippen MR) is 70.2 cm³/mol. The fourth-order valence-electron chi connectivity index (χ4n) is 1.65. The summed E-state index contributed by atoms with van der Waals surface area (Å²) < 4.78 is 38.4. The number of hydrogen-bond acceptors (Lipinski definition) is 1. The average Bonchev–Trinajstić information content (AvgIpc) is 2.39. The van der Waals surface area contributed by atoms with E-state index in [4.69, 9.17) is 0 Å². The summed E-state index contributed by atoms with van der Waals surface area (Å²) in [5, 5.41) is 0.726. The van der Waals surface area contributed by atoms with E-state index in [9.17, 15) is 18.0 Å². The zero-order valence-corrected chi connectivity index (χ0v) is 10.7. The highest BCUT2D eigenvalue weighted by Gasteiger charge is 2.34. The molecule has 0 fully saturated rings. The predicted octanol–water partition coefficient (Wildman–Crippen LogP) is 3.85. The van der Waals surface area contributed by atoms with Crippen molar-refractivity contribution in [3.63, 3.8) is 0 Å². The van der Waals surface area contributed by atoms with Crippen molar-refractivity contribution >= 4 is 19.4 Å². The maximum Gasteiger partial charge on any atom is 0.417 e. The number of rotatable bonds is 3. The summed E-state index contributed by atoms with van der Waals surface area (Å²) in [6.45, 7) is 0. The lowest BCUT2D eigenvalue weighted by atomic mass is 10.1. The van der Waals surface area contributed by atoms with E-state index >= 15 is 0 Å². The molecule has 0 aliphatic rings. The van der Waals surface area contributed by atoms with Gasteiger partial charge in [0, 0.05) is 5.56 Å². The largest absolute Gasteiger partial charge is 0.417 e. The second-order valence-corrected chi connectivity index (χ2v) is 5.14. The van der Waals surface area contributed by atoms with Crippen LogP contribution in [0.4, 0.5) is 13.2 Å². The van der Waals surface area contributed by atoms with Gasteiger partial charge in [-0.2, -0.15) is 13.2 Å². The van der Waals surface area contributed by atoms with Crippen LogP contribution in [0.2, 0.25) is 0 Å². The molecule has 0 saturated carbocycles. The monoisotopic (exact) mass is 282 g/mol. The Labute approximate surface area is 110 Å². The van der Waals surface area contributed by atoms with Crippen molar-refractivity contribution in [3.8, 4) is 0 Å². The number of benzene rings is 2. The van der Waals surface area contributed by atoms with Gasteiger partial charge in [0.1, 0.15) is 0 Å². The summed E-state index contributed by atoms with van der Waals surface area (Å²) in [4.78, 5) is 12.0. The van der Waals surface area contributed by atoms with Crippen LogP contribution in [0.1, 0.15) is 15.9 Å². The van der Waals surface area contributed by atoms with Crippen LogP contribution in [0.3, 0.4) is 0 Å².